The van der Waals surface area contributed by atoms with Crippen molar-refractivity contribution in [2.24, 2.45) is 5.92 Å². The molecule has 2 heterocycles. The third kappa shape index (κ3) is 1.82. The van der Waals surface area contributed by atoms with E-state index in [1.165, 1.54) is 0 Å². The molecule has 1 N–H and O–H groups in total. The van der Waals surface area contributed by atoms with Gasteiger partial charge in [-0.05, 0) is 31.8 Å². The molecule has 1 fully saturated rings. The van der Waals surface area contributed by atoms with E-state index in [2.05, 4.69) is 24.1 Å². The molecule has 0 bridgehead atoms. The van der Waals surface area contributed by atoms with Crippen LogP contribution in [0.3, 0.4) is 0 Å². The molecule has 0 aliphatic carbocycles. The molecule has 0 spiro atoms. The van der Waals surface area contributed by atoms with Crippen LogP contribution >= 0.6 is 0 Å². The van der Waals surface area contributed by atoms with E-state index in [1.54, 1.807) is 0 Å². The summed E-state index contributed by atoms with van der Waals surface area (Å²) in [7, 11) is 0. The SMILES string of the molecule is Cc1oc(CC2CNC2)nc1C(C)C. The van der Waals surface area contributed by atoms with Gasteiger partial charge in [0.25, 0.3) is 0 Å². The average Bonchev–Trinajstić information content (AvgIpc) is 2.39. The predicted octanol–water partition coefficient (Wildman–Crippen LogP) is 1.87. The normalized spacial score (nSPS) is 17.4. The Morgan fingerprint density at radius 2 is 2.21 bits per heavy atom. The molecule has 0 aromatic carbocycles. The number of rotatable bonds is 3. The number of nitrogens with zero attached hydrogens (tertiary/aromatic N) is 1. The molecule has 0 saturated carbocycles. The van der Waals surface area contributed by atoms with Gasteiger partial charge in [0.05, 0.1) is 5.69 Å². The van der Waals surface area contributed by atoms with E-state index in [4.69, 9.17) is 4.42 Å². The number of nitrogens with one attached hydrogen (secondary N) is 1. The lowest BCUT2D eigenvalue weighted by atomic mass is 10.00. The molecule has 0 atom stereocenters. The lowest BCUT2D eigenvalue weighted by Gasteiger charge is -2.25. The molecular weight excluding hydrogens is 176 g/mol. The van der Waals surface area contributed by atoms with Crippen LogP contribution in [0.5, 0.6) is 0 Å². The Bertz CT molecular complexity index is 313. The molecule has 78 valence electrons. The van der Waals surface area contributed by atoms with Crippen LogP contribution in [-0.2, 0) is 6.42 Å². The number of aromatic nitrogens is 1. The average molecular weight is 194 g/mol. The highest BCUT2D eigenvalue weighted by Gasteiger charge is 2.21. The number of aryl methyl sites for hydroxylation is 1. The third-order valence-electron chi connectivity index (χ3n) is 2.75. The van der Waals surface area contributed by atoms with Crippen molar-refractivity contribution in [2.45, 2.75) is 33.1 Å². The highest BCUT2D eigenvalue weighted by Crippen LogP contribution is 2.21. The Balaban J connectivity index is 2.07. The minimum atomic E-state index is 0.465. The molecule has 3 nitrogen and oxygen atoms in total. The Labute approximate surface area is 84.9 Å². The van der Waals surface area contributed by atoms with Crippen LogP contribution < -0.4 is 5.32 Å². The minimum Gasteiger partial charge on any atom is -0.446 e. The molecule has 14 heavy (non-hydrogen) atoms. The molecule has 0 radical (unpaired) electrons. The summed E-state index contributed by atoms with van der Waals surface area (Å²) in [5.74, 6) is 3.10. The van der Waals surface area contributed by atoms with Crippen molar-refractivity contribution in [3.63, 3.8) is 0 Å². The molecule has 1 aliphatic rings. The lowest BCUT2D eigenvalue weighted by molar-refractivity contribution is 0.315. The summed E-state index contributed by atoms with van der Waals surface area (Å²) in [6.07, 6.45) is 0.987. The Morgan fingerprint density at radius 3 is 2.64 bits per heavy atom. The van der Waals surface area contributed by atoms with Gasteiger partial charge >= 0.3 is 0 Å². The summed E-state index contributed by atoms with van der Waals surface area (Å²) in [6, 6.07) is 0. The zero-order chi connectivity index (χ0) is 10.1. The summed E-state index contributed by atoms with van der Waals surface area (Å²) in [5.41, 5.74) is 1.12. The first-order valence-electron chi connectivity index (χ1n) is 5.33. The van der Waals surface area contributed by atoms with E-state index in [0.717, 1.165) is 42.8 Å². The Hall–Kier alpha value is -0.830. The van der Waals surface area contributed by atoms with Crippen LogP contribution in [0.2, 0.25) is 0 Å². The molecule has 2 rings (SSSR count). The van der Waals surface area contributed by atoms with Crippen molar-refractivity contribution < 1.29 is 4.42 Å². The van der Waals surface area contributed by atoms with Gasteiger partial charge in [0.15, 0.2) is 5.89 Å². The van der Waals surface area contributed by atoms with Gasteiger partial charge in [0, 0.05) is 6.42 Å². The van der Waals surface area contributed by atoms with Crippen molar-refractivity contribution in [1.29, 1.82) is 0 Å². The van der Waals surface area contributed by atoms with Crippen molar-refractivity contribution in [1.82, 2.24) is 10.3 Å². The zero-order valence-corrected chi connectivity index (χ0v) is 9.13. The maximum atomic E-state index is 5.64. The first-order valence-corrected chi connectivity index (χ1v) is 5.33. The largest absolute Gasteiger partial charge is 0.446 e. The summed E-state index contributed by atoms with van der Waals surface area (Å²) in [4.78, 5) is 4.54. The monoisotopic (exact) mass is 194 g/mol. The molecule has 1 aliphatic heterocycles. The van der Waals surface area contributed by atoms with E-state index in [9.17, 15) is 0 Å². The van der Waals surface area contributed by atoms with E-state index >= 15 is 0 Å². The van der Waals surface area contributed by atoms with Gasteiger partial charge in [0.1, 0.15) is 5.76 Å². The molecule has 1 aromatic heterocycles. The molecular formula is C11H18N2O. The maximum Gasteiger partial charge on any atom is 0.194 e. The van der Waals surface area contributed by atoms with Crippen LogP contribution in [-0.4, -0.2) is 18.1 Å². The van der Waals surface area contributed by atoms with E-state index in [-0.39, 0.29) is 0 Å². The summed E-state index contributed by atoms with van der Waals surface area (Å²) in [6.45, 7) is 8.53. The molecule has 1 saturated heterocycles. The highest BCUT2D eigenvalue weighted by atomic mass is 16.4. The van der Waals surface area contributed by atoms with E-state index < -0.39 is 0 Å². The highest BCUT2D eigenvalue weighted by molar-refractivity contribution is 5.12. The van der Waals surface area contributed by atoms with Crippen molar-refractivity contribution >= 4 is 0 Å². The fourth-order valence-corrected chi connectivity index (χ4v) is 1.83. The van der Waals surface area contributed by atoms with Crippen LogP contribution in [0.15, 0.2) is 4.42 Å². The van der Waals surface area contributed by atoms with Crippen molar-refractivity contribution in [2.75, 3.05) is 13.1 Å². The first-order chi connectivity index (χ1) is 6.66. The second kappa shape index (κ2) is 3.73. The zero-order valence-electron chi connectivity index (χ0n) is 9.13. The van der Waals surface area contributed by atoms with Gasteiger partial charge in [-0.3, -0.25) is 0 Å². The minimum absolute atomic E-state index is 0.465. The van der Waals surface area contributed by atoms with Gasteiger partial charge in [0.2, 0.25) is 0 Å². The number of hydrogen-bond acceptors (Lipinski definition) is 3. The Morgan fingerprint density at radius 1 is 1.50 bits per heavy atom. The van der Waals surface area contributed by atoms with Gasteiger partial charge in [-0.1, -0.05) is 13.8 Å². The van der Waals surface area contributed by atoms with Gasteiger partial charge in [-0.15, -0.1) is 0 Å². The second-order valence-corrected chi connectivity index (χ2v) is 4.43. The van der Waals surface area contributed by atoms with Gasteiger partial charge in [-0.2, -0.15) is 0 Å². The molecule has 1 aromatic rings. The quantitative estimate of drug-likeness (QED) is 0.798. The van der Waals surface area contributed by atoms with E-state index in [0.29, 0.717) is 5.92 Å². The fourth-order valence-electron chi connectivity index (χ4n) is 1.83. The summed E-state index contributed by atoms with van der Waals surface area (Å²) in [5, 5.41) is 3.26. The molecule has 0 amide bonds. The molecule has 3 heteroatoms. The van der Waals surface area contributed by atoms with Crippen LogP contribution in [0.1, 0.15) is 37.1 Å². The Kier molecular flexibility index (Phi) is 2.59. The summed E-state index contributed by atoms with van der Waals surface area (Å²) < 4.78 is 5.64. The van der Waals surface area contributed by atoms with Gasteiger partial charge in [-0.25, -0.2) is 4.98 Å². The smallest absolute Gasteiger partial charge is 0.194 e. The third-order valence-corrected chi connectivity index (χ3v) is 2.75. The van der Waals surface area contributed by atoms with Crippen LogP contribution in [0.25, 0.3) is 0 Å². The van der Waals surface area contributed by atoms with Crippen LogP contribution in [0.4, 0.5) is 0 Å². The number of hydrogen-bond donors (Lipinski definition) is 1. The maximum absolute atomic E-state index is 5.64. The topological polar surface area (TPSA) is 38.1 Å². The van der Waals surface area contributed by atoms with Gasteiger partial charge < -0.3 is 9.73 Å². The first kappa shape index (κ1) is 9.71. The van der Waals surface area contributed by atoms with Crippen molar-refractivity contribution in [3.8, 4) is 0 Å². The molecule has 0 unspecified atom stereocenters. The fraction of sp³-hybridized carbons (Fsp3) is 0.727. The standard InChI is InChI=1S/C11H18N2O/c1-7(2)11-8(3)14-10(13-11)4-9-5-12-6-9/h7,9,12H,4-6H2,1-3H3. The predicted molar refractivity (Wildman–Crippen MR) is 55.4 cm³/mol. The van der Waals surface area contributed by atoms with E-state index in [1.807, 2.05) is 6.92 Å². The number of oxazole rings is 1. The second-order valence-electron chi connectivity index (χ2n) is 4.43. The lowest BCUT2D eigenvalue weighted by Crippen LogP contribution is -2.43. The van der Waals surface area contributed by atoms with Crippen LogP contribution in [0, 0.1) is 12.8 Å². The summed E-state index contributed by atoms with van der Waals surface area (Å²) >= 11 is 0. The van der Waals surface area contributed by atoms with Crippen molar-refractivity contribution in [3.05, 3.63) is 17.3 Å².